The number of hydrogen-bond acceptors (Lipinski definition) is 4. The second kappa shape index (κ2) is 7.13. The lowest BCUT2D eigenvalue weighted by Gasteiger charge is -2.09. The third-order valence-electron chi connectivity index (χ3n) is 3.04. The second-order valence-electron chi connectivity index (χ2n) is 4.47. The largest absolute Gasteiger partial charge is 0.496 e. The van der Waals surface area contributed by atoms with E-state index >= 15 is 0 Å². The van der Waals surface area contributed by atoms with E-state index in [0.29, 0.717) is 12.3 Å². The molecule has 0 unspecified atom stereocenters. The fraction of sp³-hybridized carbons (Fsp3) is 0.188. The Balaban J connectivity index is 2.01. The van der Waals surface area contributed by atoms with Gasteiger partial charge in [-0.05, 0) is 70.4 Å². The molecule has 0 fully saturated rings. The predicted molar refractivity (Wildman–Crippen MR) is 85.5 cm³/mol. The average Bonchev–Trinajstić information content (AvgIpc) is 2.52. The van der Waals surface area contributed by atoms with Crippen LogP contribution in [0, 0.1) is 0 Å². The Hall–Kier alpha value is -2.01. The Morgan fingerprint density at radius 1 is 1.19 bits per heavy atom. The van der Waals surface area contributed by atoms with Gasteiger partial charge in [-0.15, -0.1) is 0 Å². The maximum atomic E-state index is 8.72. The van der Waals surface area contributed by atoms with E-state index in [2.05, 4.69) is 21.1 Å². The number of benzene rings is 2. The summed E-state index contributed by atoms with van der Waals surface area (Å²) in [5.41, 5.74) is 2.47. The Morgan fingerprint density at radius 3 is 2.48 bits per heavy atom. The Kier molecular flexibility index (Phi) is 5.22. The molecule has 0 spiro atoms. The van der Waals surface area contributed by atoms with E-state index in [4.69, 9.17) is 14.7 Å². The molecular weight excluding hydrogens is 334 g/mol. The summed E-state index contributed by atoms with van der Waals surface area (Å²) < 4.78 is 11.8. The molecule has 0 saturated heterocycles. The maximum absolute atomic E-state index is 8.72. The van der Waals surface area contributed by atoms with Crippen LogP contribution >= 0.6 is 15.9 Å². The van der Waals surface area contributed by atoms with Crippen LogP contribution in [0.5, 0.6) is 11.5 Å². The van der Waals surface area contributed by atoms with E-state index in [9.17, 15) is 0 Å². The van der Waals surface area contributed by atoms with Gasteiger partial charge in [0.05, 0.1) is 17.3 Å². The zero-order valence-corrected chi connectivity index (χ0v) is 13.4. The first-order valence-electron chi connectivity index (χ1n) is 6.38. The summed E-state index contributed by atoms with van der Waals surface area (Å²) in [4.78, 5) is 0. The van der Waals surface area contributed by atoms with E-state index in [1.54, 1.807) is 14.0 Å². The molecule has 0 amide bonds. The number of ether oxygens (including phenoxy) is 2. The normalized spacial score (nSPS) is 11.3. The first-order valence-corrected chi connectivity index (χ1v) is 7.17. The van der Waals surface area contributed by atoms with Crippen LogP contribution in [-0.4, -0.2) is 18.0 Å². The highest BCUT2D eigenvalue weighted by molar-refractivity contribution is 9.10. The smallest absolute Gasteiger partial charge is 0.133 e. The van der Waals surface area contributed by atoms with Crippen LogP contribution in [0.3, 0.4) is 0 Å². The van der Waals surface area contributed by atoms with Crippen LogP contribution in [0.15, 0.2) is 52.1 Å². The number of rotatable bonds is 5. The lowest BCUT2D eigenvalue weighted by Crippen LogP contribution is -1.98. The van der Waals surface area contributed by atoms with Crippen LogP contribution in [0.1, 0.15) is 18.1 Å². The van der Waals surface area contributed by atoms with Crippen LogP contribution in [0.4, 0.5) is 0 Å². The van der Waals surface area contributed by atoms with E-state index in [0.717, 1.165) is 27.1 Å². The molecule has 0 heterocycles. The van der Waals surface area contributed by atoms with Gasteiger partial charge in [0.2, 0.25) is 0 Å². The minimum Gasteiger partial charge on any atom is -0.496 e. The van der Waals surface area contributed by atoms with Gasteiger partial charge in [0.15, 0.2) is 0 Å². The number of halogens is 1. The Morgan fingerprint density at radius 2 is 1.90 bits per heavy atom. The molecule has 0 radical (unpaired) electrons. The molecule has 110 valence electrons. The van der Waals surface area contributed by atoms with E-state index in [-0.39, 0.29) is 0 Å². The maximum Gasteiger partial charge on any atom is 0.133 e. The molecule has 5 heteroatoms. The fourth-order valence-corrected chi connectivity index (χ4v) is 2.40. The fourth-order valence-electron chi connectivity index (χ4n) is 1.82. The van der Waals surface area contributed by atoms with Gasteiger partial charge >= 0.3 is 0 Å². The average molecular weight is 350 g/mol. The Labute approximate surface area is 132 Å². The van der Waals surface area contributed by atoms with Gasteiger partial charge in [0.1, 0.15) is 18.1 Å². The molecule has 0 aliphatic rings. The van der Waals surface area contributed by atoms with Crippen molar-refractivity contribution in [3.05, 3.63) is 58.1 Å². The molecule has 0 bridgehead atoms. The summed E-state index contributed by atoms with van der Waals surface area (Å²) >= 11 is 3.45. The van der Waals surface area contributed by atoms with Gasteiger partial charge in [0, 0.05) is 0 Å². The predicted octanol–water partition coefficient (Wildman–Crippen LogP) is 4.23. The lowest BCUT2D eigenvalue weighted by atomic mass is 10.1. The SMILES string of the molecule is COc1ccc(COc2ccc(C(C)=NO)cc2)cc1Br. The minimum atomic E-state index is 0.467. The van der Waals surface area contributed by atoms with Crippen LogP contribution in [0.2, 0.25) is 0 Å². The molecule has 0 aliphatic carbocycles. The summed E-state index contributed by atoms with van der Waals surface area (Å²) in [7, 11) is 1.63. The van der Waals surface area contributed by atoms with Crippen molar-refractivity contribution in [1.82, 2.24) is 0 Å². The molecule has 21 heavy (non-hydrogen) atoms. The van der Waals surface area contributed by atoms with Gasteiger partial charge in [-0.25, -0.2) is 0 Å². The van der Waals surface area contributed by atoms with Crippen molar-refractivity contribution in [2.24, 2.45) is 5.16 Å². The van der Waals surface area contributed by atoms with Gasteiger partial charge in [-0.1, -0.05) is 11.2 Å². The third kappa shape index (κ3) is 3.98. The van der Waals surface area contributed by atoms with E-state index < -0.39 is 0 Å². The molecule has 4 nitrogen and oxygen atoms in total. The summed E-state index contributed by atoms with van der Waals surface area (Å²) in [5.74, 6) is 1.55. The van der Waals surface area contributed by atoms with Gasteiger partial charge in [0.25, 0.3) is 0 Å². The van der Waals surface area contributed by atoms with Gasteiger partial charge in [-0.3, -0.25) is 0 Å². The molecule has 2 aromatic carbocycles. The van der Waals surface area contributed by atoms with E-state index in [1.807, 2.05) is 42.5 Å². The molecule has 2 aromatic rings. The third-order valence-corrected chi connectivity index (χ3v) is 3.66. The number of nitrogens with zero attached hydrogens (tertiary/aromatic N) is 1. The van der Waals surface area contributed by atoms with Crippen molar-refractivity contribution >= 4 is 21.6 Å². The van der Waals surface area contributed by atoms with Crippen LogP contribution < -0.4 is 9.47 Å². The quantitative estimate of drug-likeness (QED) is 0.499. The van der Waals surface area contributed by atoms with Crippen LogP contribution in [0.25, 0.3) is 0 Å². The number of methoxy groups -OCH3 is 1. The van der Waals surface area contributed by atoms with Crippen molar-refractivity contribution in [3.63, 3.8) is 0 Å². The highest BCUT2D eigenvalue weighted by Gasteiger charge is 2.03. The zero-order chi connectivity index (χ0) is 15.2. The molecular formula is C16H16BrNO3. The molecule has 0 atom stereocenters. The first kappa shape index (κ1) is 15.4. The van der Waals surface area contributed by atoms with Crippen molar-refractivity contribution in [2.75, 3.05) is 7.11 Å². The van der Waals surface area contributed by atoms with Crippen molar-refractivity contribution in [3.8, 4) is 11.5 Å². The molecule has 0 saturated carbocycles. The highest BCUT2D eigenvalue weighted by atomic mass is 79.9. The van der Waals surface area contributed by atoms with E-state index in [1.165, 1.54) is 0 Å². The summed E-state index contributed by atoms with van der Waals surface area (Å²) in [6.45, 7) is 2.21. The van der Waals surface area contributed by atoms with Crippen LogP contribution in [-0.2, 0) is 6.61 Å². The second-order valence-corrected chi connectivity index (χ2v) is 5.32. The van der Waals surface area contributed by atoms with Crippen molar-refractivity contribution in [2.45, 2.75) is 13.5 Å². The van der Waals surface area contributed by atoms with Crippen molar-refractivity contribution in [1.29, 1.82) is 0 Å². The number of hydrogen-bond donors (Lipinski definition) is 1. The lowest BCUT2D eigenvalue weighted by molar-refractivity contribution is 0.305. The summed E-state index contributed by atoms with van der Waals surface area (Å²) in [6.07, 6.45) is 0. The molecule has 0 aliphatic heterocycles. The first-order chi connectivity index (χ1) is 10.1. The van der Waals surface area contributed by atoms with Gasteiger partial charge < -0.3 is 14.7 Å². The van der Waals surface area contributed by atoms with Gasteiger partial charge in [-0.2, -0.15) is 0 Å². The summed E-state index contributed by atoms with van der Waals surface area (Å²) in [5, 5.41) is 11.9. The molecule has 1 N–H and O–H groups in total. The summed E-state index contributed by atoms with van der Waals surface area (Å²) in [6, 6.07) is 13.2. The highest BCUT2D eigenvalue weighted by Crippen LogP contribution is 2.26. The minimum absolute atomic E-state index is 0.467. The molecule has 0 aromatic heterocycles. The number of oxime groups is 1. The standard InChI is InChI=1S/C16H16BrNO3/c1-11(18-19)13-4-6-14(7-5-13)21-10-12-3-8-16(20-2)15(17)9-12/h3-9,19H,10H2,1-2H3. The topological polar surface area (TPSA) is 51.0 Å². The zero-order valence-electron chi connectivity index (χ0n) is 11.8. The monoisotopic (exact) mass is 349 g/mol. The van der Waals surface area contributed by atoms with Crippen molar-refractivity contribution < 1.29 is 14.7 Å². The molecule has 2 rings (SSSR count). The Bertz CT molecular complexity index is 638.